The summed E-state index contributed by atoms with van der Waals surface area (Å²) in [6, 6.07) is 0. The first kappa shape index (κ1) is 14.7. The number of carbonyl (C=O) groups is 1. The molecule has 90 valence electrons. The molecular weight excluding hydrogens is 216 g/mol. The second-order valence-electron chi connectivity index (χ2n) is 3.82. The number of carbonyl (C=O) groups excluding carboxylic acids is 1. The minimum Gasteiger partial charge on any atom is -0.384 e. The van der Waals surface area contributed by atoms with Crippen LogP contribution < -0.4 is 5.73 Å². The van der Waals surface area contributed by atoms with E-state index in [0.717, 1.165) is 32.5 Å². The number of nitrogens with two attached hydrogens (primary N) is 1. The van der Waals surface area contributed by atoms with Crippen molar-refractivity contribution in [2.75, 3.05) is 33.4 Å². The fraction of sp³-hybridized carbons (Fsp3) is 0.900. The smallest absolute Gasteiger partial charge is 0.223 e. The molecule has 1 fully saturated rings. The van der Waals surface area contributed by atoms with Crippen molar-refractivity contribution in [1.82, 2.24) is 4.90 Å². The highest BCUT2D eigenvalue weighted by Gasteiger charge is 2.21. The van der Waals surface area contributed by atoms with Gasteiger partial charge in [0.05, 0.1) is 0 Å². The van der Waals surface area contributed by atoms with E-state index in [-0.39, 0.29) is 18.3 Å². The Morgan fingerprint density at radius 2 is 2.07 bits per heavy atom. The lowest BCUT2D eigenvalue weighted by molar-refractivity contribution is -0.132. The lowest BCUT2D eigenvalue weighted by atomic mass is 9.97. The third-order valence-electron chi connectivity index (χ3n) is 2.73. The Kier molecular flexibility index (Phi) is 7.74. The van der Waals surface area contributed by atoms with Gasteiger partial charge in [0, 0.05) is 39.8 Å². The van der Waals surface area contributed by atoms with E-state index in [4.69, 9.17) is 10.5 Å². The summed E-state index contributed by atoms with van der Waals surface area (Å²) < 4.78 is 5.10. The van der Waals surface area contributed by atoms with Crippen molar-refractivity contribution in [3.05, 3.63) is 0 Å². The van der Waals surface area contributed by atoms with Gasteiger partial charge < -0.3 is 15.4 Å². The van der Waals surface area contributed by atoms with E-state index < -0.39 is 0 Å². The number of piperidine rings is 1. The Bertz CT molecular complexity index is 182. The Balaban J connectivity index is 0.00000196. The van der Waals surface area contributed by atoms with Crippen LogP contribution in [0.25, 0.3) is 0 Å². The van der Waals surface area contributed by atoms with Crippen LogP contribution in [-0.4, -0.2) is 44.2 Å². The number of nitrogens with zero attached hydrogens (tertiary/aromatic N) is 1. The maximum Gasteiger partial charge on any atom is 0.223 e. The predicted octanol–water partition coefficient (Wildman–Crippen LogP) is 0.642. The maximum atomic E-state index is 11.5. The molecule has 5 heteroatoms. The van der Waals surface area contributed by atoms with Crippen LogP contribution in [0.1, 0.15) is 19.3 Å². The first-order valence-corrected chi connectivity index (χ1v) is 5.24. The van der Waals surface area contributed by atoms with Gasteiger partial charge in [-0.1, -0.05) is 0 Å². The lowest BCUT2D eigenvalue weighted by Gasteiger charge is -2.31. The molecule has 2 N–H and O–H groups in total. The average Bonchev–Trinajstić information content (AvgIpc) is 2.20. The zero-order valence-corrected chi connectivity index (χ0v) is 10.1. The molecule has 0 bridgehead atoms. The zero-order valence-electron chi connectivity index (χ0n) is 9.28. The minimum atomic E-state index is 0. The van der Waals surface area contributed by atoms with Crippen molar-refractivity contribution in [3.8, 4) is 0 Å². The highest BCUT2D eigenvalue weighted by atomic mass is 35.5. The third kappa shape index (κ3) is 4.82. The number of hydrogen-bond acceptors (Lipinski definition) is 3. The summed E-state index contributed by atoms with van der Waals surface area (Å²) in [4.78, 5) is 13.4. The molecule has 0 radical (unpaired) electrons. The van der Waals surface area contributed by atoms with Gasteiger partial charge in [0.25, 0.3) is 0 Å². The molecule has 1 rings (SSSR count). The predicted molar refractivity (Wildman–Crippen MR) is 62.1 cm³/mol. The monoisotopic (exact) mass is 236 g/mol. The molecule has 0 aromatic carbocycles. The lowest BCUT2D eigenvalue weighted by Crippen LogP contribution is -2.40. The molecule has 0 unspecified atom stereocenters. The summed E-state index contributed by atoms with van der Waals surface area (Å²) in [6.07, 6.45) is 2.60. The number of ether oxygens (including phenoxy) is 1. The van der Waals surface area contributed by atoms with Gasteiger partial charge in [-0.2, -0.15) is 0 Å². The van der Waals surface area contributed by atoms with E-state index in [1.165, 1.54) is 0 Å². The van der Waals surface area contributed by atoms with Gasteiger partial charge in [0.1, 0.15) is 0 Å². The number of halogens is 1. The summed E-state index contributed by atoms with van der Waals surface area (Å²) in [5.74, 6) is 0.824. The van der Waals surface area contributed by atoms with E-state index in [0.29, 0.717) is 18.9 Å². The molecule has 0 saturated carbocycles. The first-order chi connectivity index (χ1) is 6.77. The molecule has 1 aliphatic heterocycles. The van der Waals surface area contributed by atoms with E-state index in [1.807, 2.05) is 4.90 Å². The van der Waals surface area contributed by atoms with Gasteiger partial charge in [-0.15, -0.1) is 12.4 Å². The quantitative estimate of drug-likeness (QED) is 0.780. The normalized spacial score (nSPS) is 17.3. The number of rotatable bonds is 4. The van der Waals surface area contributed by atoms with E-state index in [2.05, 4.69) is 0 Å². The molecular formula is C10H21ClN2O2. The average molecular weight is 237 g/mol. The topological polar surface area (TPSA) is 55.6 Å². The number of amides is 1. The minimum absolute atomic E-state index is 0. The van der Waals surface area contributed by atoms with Crippen molar-refractivity contribution in [2.45, 2.75) is 19.3 Å². The Morgan fingerprint density at radius 1 is 1.47 bits per heavy atom. The molecule has 0 spiro atoms. The summed E-state index contributed by atoms with van der Waals surface area (Å²) in [6.45, 7) is 3.01. The standard InChI is InChI=1S/C10H20N2O2.ClH/c1-14-8-9-3-6-12(7-4-9)10(13)2-5-11;/h9H,2-8,11H2,1H3;1H. The molecule has 1 amide bonds. The molecule has 0 aliphatic carbocycles. The Labute approximate surface area is 97.5 Å². The summed E-state index contributed by atoms with van der Waals surface area (Å²) in [5.41, 5.74) is 5.34. The number of likely N-dealkylation sites (tertiary alicyclic amines) is 1. The van der Waals surface area contributed by atoms with E-state index in [9.17, 15) is 4.79 Å². The van der Waals surface area contributed by atoms with Crippen molar-refractivity contribution in [1.29, 1.82) is 0 Å². The summed E-state index contributed by atoms with van der Waals surface area (Å²) in [5, 5.41) is 0. The van der Waals surface area contributed by atoms with Crippen LogP contribution in [-0.2, 0) is 9.53 Å². The van der Waals surface area contributed by atoms with Crippen LogP contribution in [0, 0.1) is 5.92 Å². The van der Waals surface area contributed by atoms with Crippen LogP contribution >= 0.6 is 12.4 Å². The van der Waals surface area contributed by atoms with Gasteiger partial charge in [-0.3, -0.25) is 4.79 Å². The fourth-order valence-corrected chi connectivity index (χ4v) is 1.87. The fourth-order valence-electron chi connectivity index (χ4n) is 1.87. The largest absolute Gasteiger partial charge is 0.384 e. The van der Waals surface area contributed by atoms with Crippen LogP contribution in [0.2, 0.25) is 0 Å². The van der Waals surface area contributed by atoms with Crippen molar-refractivity contribution in [2.24, 2.45) is 11.7 Å². The first-order valence-electron chi connectivity index (χ1n) is 5.24. The molecule has 0 aromatic heterocycles. The van der Waals surface area contributed by atoms with Crippen LogP contribution in [0.4, 0.5) is 0 Å². The third-order valence-corrected chi connectivity index (χ3v) is 2.73. The molecule has 1 heterocycles. The second-order valence-corrected chi connectivity index (χ2v) is 3.82. The van der Waals surface area contributed by atoms with Crippen LogP contribution in [0.15, 0.2) is 0 Å². The van der Waals surface area contributed by atoms with Gasteiger partial charge >= 0.3 is 0 Å². The highest BCUT2D eigenvalue weighted by molar-refractivity contribution is 5.85. The van der Waals surface area contributed by atoms with Crippen LogP contribution in [0.3, 0.4) is 0 Å². The van der Waals surface area contributed by atoms with Crippen molar-refractivity contribution >= 4 is 18.3 Å². The van der Waals surface area contributed by atoms with E-state index >= 15 is 0 Å². The number of hydrogen-bond donors (Lipinski definition) is 1. The molecule has 0 atom stereocenters. The van der Waals surface area contributed by atoms with Crippen molar-refractivity contribution in [3.63, 3.8) is 0 Å². The van der Waals surface area contributed by atoms with Crippen LogP contribution in [0.5, 0.6) is 0 Å². The van der Waals surface area contributed by atoms with E-state index in [1.54, 1.807) is 7.11 Å². The van der Waals surface area contributed by atoms with Gasteiger partial charge in [-0.05, 0) is 18.8 Å². The molecule has 1 saturated heterocycles. The van der Waals surface area contributed by atoms with Crippen molar-refractivity contribution < 1.29 is 9.53 Å². The molecule has 4 nitrogen and oxygen atoms in total. The zero-order chi connectivity index (χ0) is 10.4. The molecule has 1 aliphatic rings. The van der Waals surface area contributed by atoms with Gasteiger partial charge in [0.15, 0.2) is 0 Å². The summed E-state index contributed by atoms with van der Waals surface area (Å²) >= 11 is 0. The summed E-state index contributed by atoms with van der Waals surface area (Å²) in [7, 11) is 1.73. The molecule has 0 aromatic rings. The van der Waals surface area contributed by atoms with Gasteiger partial charge in [-0.25, -0.2) is 0 Å². The second kappa shape index (κ2) is 7.91. The number of methoxy groups -OCH3 is 1. The Morgan fingerprint density at radius 3 is 2.53 bits per heavy atom. The Hall–Kier alpha value is -0.320. The highest BCUT2D eigenvalue weighted by Crippen LogP contribution is 2.17. The SMILES string of the molecule is COCC1CCN(C(=O)CCN)CC1.Cl. The van der Waals surface area contributed by atoms with Gasteiger partial charge in [0.2, 0.25) is 5.91 Å². The maximum absolute atomic E-state index is 11.5. The molecule has 15 heavy (non-hydrogen) atoms.